The lowest BCUT2D eigenvalue weighted by Crippen LogP contribution is -2.29. The van der Waals surface area contributed by atoms with Crippen LogP contribution in [-0.2, 0) is 4.74 Å². The average molecular weight is 236 g/mol. The Morgan fingerprint density at radius 2 is 2.08 bits per heavy atom. The molecule has 0 aliphatic heterocycles. The predicted octanol–water partition coefficient (Wildman–Crippen LogP) is 1.08. The number of amides is 1. The lowest BCUT2D eigenvalue weighted by Gasteiger charge is -2.11. The zero-order chi connectivity index (χ0) is 9.61. The van der Waals surface area contributed by atoms with Crippen LogP contribution in [0.4, 0.5) is 4.79 Å². The van der Waals surface area contributed by atoms with Crippen molar-refractivity contribution in [1.29, 1.82) is 0 Å². The molecule has 0 saturated carbocycles. The van der Waals surface area contributed by atoms with E-state index in [-0.39, 0.29) is 19.8 Å². The van der Waals surface area contributed by atoms with Gasteiger partial charge in [0.1, 0.15) is 6.61 Å². The number of hydrogen-bond donors (Lipinski definition) is 2. The fraction of sp³-hybridized carbons (Fsp3) is 0.800. The standard InChI is InChI=1S/C5H8Cl3NO3/c6-5(7,8)3-12-4(11)9-1-2-10/h10H,1-3H2,(H,9,11). The van der Waals surface area contributed by atoms with Gasteiger partial charge in [-0.25, -0.2) is 4.79 Å². The van der Waals surface area contributed by atoms with E-state index >= 15 is 0 Å². The molecule has 4 nitrogen and oxygen atoms in total. The molecule has 2 N–H and O–H groups in total. The third-order valence-electron chi connectivity index (χ3n) is 0.748. The van der Waals surface area contributed by atoms with Gasteiger partial charge in [0.2, 0.25) is 3.79 Å². The van der Waals surface area contributed by atoms with Crippen LogP contribution in [0.15, 0.2) is 0 Å². The molecular weight excluding hydrogens is 228 g/mol. The van der Waals surface area contributed by atoms with Crippen molar-refractivity contribution >= 4 is 40.9 Å². The first-order valence-electron chi connectivity index (χ1n) is 3.04. The monoisotopic (exact) mass is 235 g/mol. The van der Waals surface area contributed by atoms with Gasteiger partial charge >= 0.3 is 6.09 Å². The zero-order valence-electron chi connectivity index (χ0n) is 6.02. The summed E-state index contributed by atoms with van der Waals surface area (Å²) in [4.78, 5) is 10.6. The Hall–Kier alpha value is 0.1000. The van der Waals surface area contributed by atoms with Crippen LogP contribution in [0.2, 0.25) is 0 Å². The fourth-order valence-corrected chi connectivity index (χ4v) is 0.520. The fourth-order valence-electron chi connectivity index (χ4n) is 0.356. The maximum absolute atomic E-state index is 10.6. The van der Waals surface area contributed by atoms with Crippen molar-refractivity contribution in [2.45, 2.75) is 3.79 Å². The SMILES string of the molecule is O=C(NCCO)OCC(Cl)(Cl)Cl. The van der Waals surface area contributed by atoms with E-state index in [1.165, 1.54) is 0 Å². The first kappa shape index (κ1) is 12.1. The molecule has 0 heterocycles. The average Bonchev–Trinajstić information content (AvgIpc) is 1.95. The van der Waals surface area contributed by atoms with Crippen LogP contribution < -0.4 is 5.32 Å². The van der Waals surface area contributed by atoms with Crippen LogP contribution in [0.5, 0.6) is 0 Å². The van der Waals surface area contributed by atoms with E-state index in [2.05, 4.69) is 10.1 Å². The molecular formula is C5H8Cl3NO3. The summed E-state index contributed by atoms with van der Waals surface area (Å²) < 4.78 is 2.85. The summed E-state index contributed by atoms with van der Waals surface area (Å²) in [5.41, 5.74) is 0. The molecule has 0 fully saturated rings. The Balaban J connectivity index is 3.44. The van der Waals surface area contributed by atoms with Crippen LogP contribution in [0.3, 0.4) is 0 Å². The first-order chi connectivity index (χ1) is 5.45. The Morgan fingerprint density at radius 1 is 1.50 bits per heavy atom. The van der Waals surface area contributed by atoms with Crippen molar-refractivity contribution in [3.8, 4) is 0 Å². The van der Waals surface area contributed by atoms with Crippen molar-refractivity contribution < 1.29 is 14.6 Å². The van der Waals surface area contributed by atoms with Crippen molar-refractivity contribution in [1.82, 2.24) is 5.32 Å². The Bertz CT molecular complexity index is 147. The summed E-state index contributed by atoms with van der Waals surface area (Å²) in [7, 11) is 0. The molecule has 0 atom stereocenters. The Kier molecular flexibility index (Phi) is 5.74. The van der Waals surface area contributed by atoms with Gasteiger partial charge < -0.3 is 15.2 Å². The van der Waals surface area contributed by atoms with E-state index in [0.29, 0.717) is 0 Å². The summed E-state index contributed by atoms with van der Waals surface area (Å²) >= 11 is 15.9. The topological polar surface area (TPSA) is 58.6 Å². The summed E-state index contributed by atoms with van der Waals surface area (Å²) in [6.45, 7) is -0.378. The van der Waals surface area contributed by atoms with Gasteiger partial charge in [-0.05, 0) is 0 Å². The molecule has 7 heteroatoms. The van der Waals surface area contributed by atoms with Crippen molar-refractivity contribution in [2.75, 3.05) is 19.8 Å². The molecule has 0 spiro atoms. The lowest BCUT2D eigenvalue weighted by atomic mass is 10.7. The molecule has 0 rings (SSSR count). The van der Waals surface area contributed by atoms with Crippen LogP contribution in [0, 0.1) is 0 Å². The van der Waals surface area contributed by atoms with Crippen LogP contribution >= 0.6 is 34.8 Å². The van der Waals surface area contributed by atoms with Crippen LogP contribution in [0.25, 0.3) is 0 Å². The largest absolute Gasteiger partial charge is 0.445 e. The maximum atomic E-state index is 10.6. The number of ether oxygens (including phenoxy) is 1. The summed E-state index contributed by atoms with van der Waals surface area (Å²) in [6.07, 6.45) is -0.727. The molecule has 0 saturated heterocycles. The van der Waals surface area contributed by atoms with E-state index in [1.807, 2.05) is 0 Å². The van der Waals surface area contributed by atoms with Gasteiger partial charge in [-0.2, -0.15) is 0 Å². The van der Waals surface area contributed by atoms with Gasteiger partial charge in [0.15, 0.2) is 0 Å². The zero-order valence-corrected chi connectivity index (χ0v) is 8.29. The van der Waals surface area contributed by atoms with Crippen molar-refractivity contribution in [3.05, 3.63) is 0 Å². The van der Waals surface area contributed by atoms with Crippen molar-refractivity contribution in [2.24, 2.45) is 0 Å². The van der Waals surface area contributed by atoms with Gasteiger partial charge in [-0.15, -0.1) is 0 Å². The number of halogens is 3. The molecule has 0 radical (unpaired) electrons. The number of carbonyl (C=O) groups is 1. The smallest absolute Gasteiger partial charge is 0.407 e. The summed E-state index contributed by atoms with van der Waals surface area (Å²) in [6, 6.07) is 0. The number of aliphatic hydroxyl groups excluding tert-OH is 1. The molecule has 0 unspecified atom stereocenters. The number of hydrogen-bond acceptors (Lipinski definition) is 3. The molecule has 72 valence electrons. The maximum Gasteiger partial charge on any atom is 0.407 e. The number of alkyl carbamates (subject to hydrolysis) is 1. The molecule has 1 amide bonds. The highest BCUT2D eigenvalue weighted by atomic mass is 35.6. The normalized spacial score (nSPS) is 11.0. The first-order valence-corrected chi connectivity index (χ1v) is 4.17. The molecule has 0 aliphatic carbocycles. The predicted molar refractivity (Wildman–Crippen MR) is 46.7 cm³/mol. The second-order valence-corrected chi connectivity index (χ2v) is 4.36. The second kappa shape index (κ2) is 5.70. The highest BCUT2D eigenvalue weighted by molar-refractivity contribution is 6.67. The molecule has 0 aromatic heterocycles. The summed E-state index contributed by atoms with van der Waals surface area (Å²) in [5.74, 6) is 0. The lowest BCUT2D eigenvalue weighted by molar-refractivity contribution is 0.145. The summed E-state index contributed by atoms with van der Waals surface area (Å²) in [5, 5.41) is 10.5. The molecule has 0 aromatic carbocycles. The van der Waals surface area contributed by atoms with Gasteiger partial charge in [-0.1, -0.05) is 34.8 Å². The van der Waals surface area contributed by atoms with Crippen molar-refractivity contribution in [3.63, 3.8) is 0 Å². The molecule has 0 aromatic rings. The molecule has 0 bridgehead atoms. The highest BCUT2D eigenvalue weighted by Gasteiger charge is 2.21. The molecule has 0 aliphatic rings. The molecule has 12 heavy (non-hydrogen) atoms. The number of rotatable bonds is 3. The van der Waals surface area contributed by atoms with E-state index in [4.69, 9.17) is 39.9 Å². The number of nitrogens with one attached hydrogen (secondary N) is 1. The van der Waals surface area contributed by atoms with Crippen LogP contribution in [0.1, 0.15) is 0 Å². The second-order valence-electron chi connectivity index (χ2n) is 1.84. The van der Waals surface area contributed by atoms with Gasteiger partial charge in [0.05, 0.1) is 6.61 Å². The third kappa shape index (κ3) is 8.20. The minimum atomic E-state index is -1.60. The van der Waals surface area contributed by atoms with E-state index < -0.39 is 9.89 Å². The van der Waals surface area contributed by atoms with E-state index in [9.17, 15) is 4.79 Å². The Labute approximate surface area is 84.7 Å². The quantitative estimate of drug-likeness (QED) is 0.721. The van der Waals surface area contributed by atoms with Gasteiger partial charge in [0, 0.05) is 6.54 Å². The number of alkyl halides is 3. The van der Waals surface area contributed by atoms with Gasteiger partial charge in [0.25, 0.3) is 0 Å². The van der Waals surface area contributed by atoms with Crippen LogP contribution in [-0.4, -0.2) is 34.8 Å². The number of carbonyl (C=O) groups excluding carboxylic acids is 1. The number of aliphatic hydroxyl groups is 1. The Morgan fingerprint density at radius 3 is 2.50 bits per heavy atom. The van der Waals surface area contributed by atoms with E-state index in [0.717, 1.165) is 0 Å². The minimum Gasteiger partial charge on any atom is -0.445 e. The van der Waals surface area contributed by atoms with E-state index in [1.54, 1.807) is 0 Å². The minimum absolute atomic E-state index is 0.110. The van der Waals surface area contributed by atoms with Gasteiger partial charge in [-0.3, -0.25) is 0 Å². The third-order valence-corrected chi connectivity index (χ3v) is 1.08. The highest BCUT2D eigenvalue weighted by Crippen LogP contribution is 2.25.